The van der Waals surface area contributed by atoms with Crippen LogP contribution in [0, 0.1) is 13.8 Å². The second-order valence-electron chi connectivity index (χ2n) is 8.13. The maximum atomic E-state index is 11.7. The lowest BCUT2D eigenvalue weighted by molar-refractivity contribution is -0.117. The molecule has 0 aliphatic heterocycles. The number of imidazole rings is 1. The number of unbranched alkanes of at least 4 members (excludes halogenated alkanes) is 1. The first-order valence-corrected chi connectivity index (χ1v) is 11.0. The minimum Gasteiger partial charge on any atom is -0.493 e. The van der Waals surface area contributed by atoms with Gasteiger partial charge in [0.1, 0.15) is 11.6 Å². The van der Waals surface area contributed by atoms with Gasteiger partial charge < -0.3 is 14.6 Å². The second-order valence-corrected chi connectivity index (χ2v) is 8.13. The van der Waals surface area contributed by atoms with Crippen LogP contribution >= 0.6 is 0 Å². The summed E-state index contributed by atoms with van der Waals surface area (Å²) in [6, 6.07) is 14.6. The maximum Gasteiger partial charge on any atom is 0.246 e. The van der Waals surface area contributed by atoms with E-state index in [2.05, 4.69) is 66.7 Å². The number of nitrogens with zero attached hydrogens (tertiary/aromatic N) is 2. The lowest BCUT2D eigenvalue weighted by Gasteiger charge is -2.12. The van der Waals surface area contributed by atoms with E-state index < -0.39 is 0 Å². The number of nitrogens with one attached hydrogen (secondary N) is 1. The number of amides is 1. The van der Waals surface area contributed by atoms with Gasteiger partial charge in [-0.2, -0.15) is 0 Å². The van der Waals surface area contributed by atoms with Crippen LogP contribution in [-0.4, -0.2) is 28.6 Å². The molecule has 0 aliphatic carbocycles. The van der Waals surface area contributed by atoms with Gasteiger partial charge in [-0.3, -0.25) is 4.79 Å². The number of hydrogen-bond donors (Lipinski definition) is 1. The van der Waals surface area contributed by atoms with Gasteiger partial charge >= 0.3 is 0 Å². The van der Waals surface area contributed by atoms with Gasteiger partial charge in [0.25, 0.3) is 0 Å². The largest absolute Gasteiger partial charge is 0.493 e. The first kappa shape index (κ1) is 22.6. The van der Waals surface area contributed by atoms with E-state index >= 15 is 0 Å². The average Bonchev–Trinajstić information content (AvgIpc) is 3.10. The Bertz CT molecular complexity index is 1050. The molecule has 0 unspecified atom stereocenters. The van der Waals surface area contributed by atoms with E-state index in [9.17, 15) is 4.79 Å². The Morgan fingerprint density at radius 3 is 2.74 bits per heavy atom. The minimum absolute atomic E-state index is 0.0858. The third-order valence-corrected chi connectivity index (χ3v) is 5.36. The Morgan fingerprint density at radius 1 is 1.13 bits per heavy atom. The van der Waals surface area contributed by atoms with Crippen molar-refractivity contribution < 1.29 is 9.53 Å². The zero-order valence-electron chi connectivity index (χ0n) is 18.9. The molecule has 3 rings (SSSR count). The Kier molecular flexibility index (Phi) is 7.88. The Balaban J connectivity index is 1.55. The smallest absolute Gasteiger partial charge is 0.246 e. The lowest BCUT2D eigenvalue weighted by atomic mass is 10.1. The highest BCUT2D eigenvalue weighted by atomic mass is 16.5. The summed E-state index contributed by atoms with van der Waals surface area (Å²) in [6.45, 7) is 11.8. The summed E-state index contributed by atoms with van der Waals surface area (Å²) >= 11 is 0. The van der Waals surface area contributed by atoms with Gasteiger partial charge in [-0.05, 0) is 69.4 Å². The Hall–Kier alpha value is -3.08. The number of benzene rings is 2. The molecule has 0 saturated heterocycles. The molecule has 0 bridgehead atoms. The van der Waals surface area contributed by atoms with E-state index in [4.69, 9.17) is 9.72 Å². The van der Waals surface area contributed by atoms with Crippen molar-refractivity contribution in [1.29, 1.82) is 0 Å². The van der Waals surface area contributed by atoms with Crippen LogP contribution in [0.25, 0.3) is 11.0 Å². The summed E-state index contributed by atoms with van der Waals surface area (Å²) in [5.41, 5.74) is 5.12. The highest BCUT2D eigenvalue weighted by molar-refractivity contribution is 5.92. The van der Waals surface area contributed by atoms with Crippen LogP contribution in [-0.2, 0) is 17.8 Å². The van der Waals surface area contributed by atoms with E-state index in [0.717, 1.165) is 49.3 Å². The monoisotopic (exact) mass is 419 g/mol. The predicted octanol–water partition coefficient (Wildman–Crippen LogP) is 5.14. The fourth-order valence-corrected chi connectivity index (χ4v) is 3.58. The van der Waals surface area contributed by atoms with Gasteiger partial charge in [-0.25, -0.2) is 4.98 Å². The van der Waals surface area contributed by atoms with Crippen LogP contribution < -0.4 is 10.1 Å². The normalized spacial score (nSPS) is 10.9. The van der Waals surface area contributed by atoms with Crippen LogP contribution in [0.1, 0.15) is 43.1 Å². The van der Waals surface area contributed by atoms with Gasteiger partial charge in [0.2, 0.25) is 5.91 Å². The average molecular weight is 420 g/mol. The maximum absolute atomic E-state index is 11.7. The highest BCUT2D eigenvalue weighted by Gasteiger charge is 2.10. The van der Waals surface area contributed by atoms with Crippen molar-refractivity contribution in [3.63, 3.8) is 0 Å². The van der Waals surface area contributed by atoms with Crippen LogP contribution in [0.15, 0.2) is 54.6 Å². The molecule has 0 saturated carbocycles. The summed E-state index contributed by atoms with van der Waals surface area (Å²) < 4.78 is 8.32. The number of aryl methyl sites for hydroxylation is 4. The van der Waals surface area contributed by atoms with Gasteiger partial charge in [-0.15, -0.1) is 0 Å². The lowest BCUT2D eigenvalue weighted by Crippen LogP contribution is -2.25. The third kappa shape index (κ3) is 6.20. The number of carbonyl (C=O) groups excluding carboxylic acids is 1. The molecule has 1 heterocycles. The van der Waals surface area contributed by atoms with Crippen LogP contribution in [0.5, 0.6) is 5.75 Å². The fraction of sp³-hybridized carbons (Fsp3) is 0.385. The molecule has 5 nitrogen and oxygen atoms in total. The SMILES string of the molecule is C=C(C)C(=O)NCCCc1nc2ccccc2n1CCCCOc1cc(C)ccc1C. The van der Waals surface area contributed by atoms with Crippen molar-refractivity contribution in [2.24, 2.45) is 0 Å². The molecule has 1 aromatic heterocycles. The minimum atomic E-state index is -0.0858. The highest BCUT2D eigenvalue weighted by Crippen LogP contribution is 2.20. The van der Waals surface area contributed by atoms with Crippen molar-refractivity contribution in [1.82, 2.24) is 14.9 Å². The van der Waals surface area contributed by atoms with Crippen molar-refractivity contribution in [2.45, 2.75) is 53.0 Å². The van der Waals surface area contributed by atoms with Gasteiger partial charge in [0.15, 0.2) is 0 Å². The molecule has 0 atom stereocenters. The summed E-state index contributed by atoms with van der Waals surface area (Å²) in [5.74, 6) is 1.96. The molecule has 2 aromatic carbocycles. The molecular weight excluding hydrogens is 386 g/mol. The molecule has 0 fully saturated rings. The zero-order chi connectivity index (χ0) is 22.2. The van der Waals surface area contributed by atoms with Crippen molar-refractivity contribution in [2.75, 3.05) is 13.2 Å². The van der Waals surface area contributed by atoms with E-state index in [1.807, 2.05) is 6.07 Å². The fourth-order valence-electron chi connectivity index (χ4n) is 3.58. The van der Waals surface area contributed by atoms with Crippen molar-refractivity contribution in [3.05, 3.63) is 71.6 Å². The summed E-state index contributed by atoms with van der Waals surface area (Å²) in [6.07, 6.45) is 3.67. The number of fused-ring (bicyclic) bond motifs is 1. The topological polar surface area (TPSA) is 56.2 Å². The van der Waals surface area contributed by atoms with Crippen molar-refractivity contribution >= 4 is 16.9 Å². The Labute approximate surface area is 185 Å². The summed E-state index contributed by atoms with van der Waals surface area (Å²) in [5, 5.41) is 2.90. The quantitative estimate of drug-likeness (QED) is 0.346. The number of para-hydroxylation sites is 2. The number of aromatic nitrogens is 2. The molecule has 0 radical (unpaired) electrons. The number of carbonyl (C=O) groups is 1. The summed E-state index contributed by atoms with van der Waals surface area (Å²) in [7, 11) is 0. The molecule has 1 amide bonds. The molecule has 0 aliphatic rings. The molecule has 0 spiro atoms. The first-order chi connectivity index (χ1) is 15.0. The van der Waals surface area contributed by atoms with Gasteiger partial charge in [0, 0.05) is 25.1 Å². The number of hydrogen-bond acceptors (Lipinski definition) is 3. The van der Waals surface area contributed by atoms with E-state index in [0.29, 0.717) is 18.7 Å². The van der Waals surface area contributed by atoms with E-state index in [1.165, 1.54) is 16.6 Å². The van der Waals surface area contributed by atoms with Crippen LogP contribution in [0.3, 0.4) is 0 Å². The number of rotatable bonds is 11. The van der Waals surface area contributed by atoms with E-state index in [-0.39, 0.29) is 5.91 Å². The predicted molar refractivity (Wildman–Crippen MR) is 127 cm³/mol. The zero-order valence-corrected chi connectivity index (χ0v) is 18.9. The van der Waals surface area contributed by atoms with Gasteiger partial charge in [0.05, 0.1) is 17.6 Å². The molecular formula is C26H33N3O2. The molecule has 31 heavy (non-hydrogen) atoms. The Morgan fingerprint density at radius 2 is 1.94 bits per heavy atom. The summed E-state index contributed by atoms with van der Waals surface area (Å²) in [4.78, 5) is 16.5. The molecule has 5 heteroatoms. The van der Waals surface area contributed by atoms with Crippen LogP contribution in [0.4, 0.5) is 0 Å². The first-order valence-electron chi connectivity index (χ1n) is 11.0. The van der Waals surface area contributed by atoms with Crippen molar-refractivity contribution in [3.8, 4) is 5.75 Å². The standard InChI is InChI=1S/C26H33N3O2/c1-19(2)26(30)27-15-9-12-25-28-22-10-5-6-11-23(22)29(25)16-7-8-17-31-24-18-20(3)13-14-21(24)4/h5-6,10-11,13-14,18H,1,7-9,12,15-17H2,2-4H3,(H,27,30). The van der Waals surface area contributed by atoms with E-state index in [1.54, 1.807) is 6.92 Å². The molecule has 1 N–H and O–H groups in total. The third-order valence-electron chi connectivity index (χ3n) is 5.36. The second kappa shape index (κ2) is 10.8. The number of ether oxygens (including phenoxy) is 1. The van der Waals surface area contributed by atoms with Gasteiger partial charge in [-0.1, -0.05) is 30.8 Å². The van der Waals surface area contributed by atoms with Crippen LogP contribution in [0.2, 0.25) is 0 Å². The molecule has 3 aromatic rings. The molecule has 164 valence electrons.